The monoisotopic (exact) mass is 549 g/mol. The van der Waals surface area contributed by atoms with Crippen molar-refractivity contribution in [3.63, 3.8) is 0 Å². The van der Waals surface area contributed by atoms with Crippen LogP contribution in [0.25, 0.3) is 0 Å². The van der Waals surface area contributed by atoms with Crippen LogP contribution in [0.15, 0.2) is 53.4 Å². The van der Waals surface area contributed by atoms with Gasteiger partial charge in [-0.1, -0.05) is 24.3 Å². The molecule has 196 valence electrons. The number of benzene rings is 2. The Morgan fingerprint density at radius 2 is 1.67 bits per heavy atom. The Labute approximate surface area is 204 Å². The lowest BCUT2D eigenvalue weighted by Gasteiger charge is -2.33. The first-order valence-corrected chi connectivity index (χ1v) is 13.9. The summed E-state index contributed by atoms with van der Waals surface area (Å²) in [5, 5.41) is 5.30. The molecule has 1 atom stereocenters. The molecule has 1 saturated heterocycles. The van der Waals surface area contributed by atoms with Gasteiger partial charge in [0.1, 0.15) is 11.8 Å². The molecule has 15 heteroatoms. The predicted octanol–water partition coefficient (Wildman–Crippen LogP) is 1.40. The molecule has 0 aromatic heterocycles. The number of ketones is 1. The Morgan fingerprint density at radius 1 is 1.06 bits per heavy atom. The van der Waals surface area contributed by atoms with Gasteiger partial charge in [-0.2, -0.15) is 12.7 Å². The highest BCUT2D eigenvalue weighted by Gasteiger charge is 2.45. The normalized spacial score (nSPS) is 17.4. The third kappa shape index (κ3) is 6.21. The highest BCUT2D eigenvalue weighted by atomic mass is 33.2. The summed E-state index contributed by atoms with van der Waals surface area (Å²) in [4.78, 5) is 23.7. The topological polar surface area (TPSA) is 139 Å². The zero-order valence-electron chi connectivity index (χ0n) is 18.8. The number of piperazine rings is 1. The second-order valence-corrected chi connectivity index (χ2v) is 13.0. The fourth-order valence-electron chi connectivity index (χ4n) is 3.40. The van der Waals surface area contributed by atoms with Gasteiger partial charge in [-0.15, -0.1) is 13.2 Å². The molecular weight excluding hydrogens is 527 g/mol. The number of rotatable bonds is 8. The maximum Gasteiger partial charge on any atom is 0.573 e. The lowest BCUT2D eigenvalue weighted by molar-refractivity contribution is -0.274. The molecule has 2 N–H and O–H groups in total. The zero-order chi connectivity index (χ0) is 26.7. The first kappa shape index (κ1) is 27.6. The second-order valence-electron chi connectivity index (χ2n) is 7.73. The van der Waals surface area contributed by atoms with Crippen LogP contribution >= 0.6 is 0 Å². The molecule has 0 radical (unpaired) electrons. The van der Waals surface area contributed by atoms with E-state index in [-0.39, 0.29) is 37.5 Å². The molecule has 36 heavy (non-hydrogen) atoms. The number of nitrogens with zero attached hydrogens (tertiary/aromatic N) is 1. The van der Waals surface area contributed by atoms with Crippen molar-refractivity contribution in [2.45, 2.75) is 30.8 Å². The van der Waals surface area contributed by atoms with Crippen LogP contribution in [0.2, 0.25) is 0 Å². The molecular formula is C21H22F3N3O7S2. The summed E-state index contributed by atoms with van der Waals surface area (Å²) in [6, 6.07) is 7.67. The highest BCUT2D eigenvalue weighted by molar-refractivity contribution is 8.66. The van der Waals surface area contributed by atoms with Gasteiger partial charge in [0, 0.05) is 31.7 Å². The predicted molar refractivity (Wildman–Crippen MR) is 121 cm³/mol. The zero-order valence-corrected chi connectivity index (χ0v) is 20.4. The summed E-state index contributed by atoms with van der Waals surface area (Å²) in [5.74, 6) is -1.58. The van der Waals surface area contributed by atoms with Crippen molar-refractivity contribution >= 4 is 29.6 Å². The van der Waals surface area contributed by atoms with Gasteiger partial charge in [-0.3, -0.25) is 9.59 Å². The average Bonchev–Trinajstić information content (AvgIpc) is 2.82. The van der Waals surface area contributed by atoms with E-state index in [1.807, 2.05) is 0 Å². The molecule has 0 saturated carbocycles. The van der Waals surface area contributed by atoms with E-state index in [1.165, 1.54) is 31.2 Å². The van der Waals surface area contributed by atoms with Crippen LogP contribution in [0, 0.1) is 0 Å². The van der Waals surface area contributed by atoms with E-state index in [0.717, 1.165) is 24.3 Å². The maximum atomic E-state index is 13.1. The van der Waals surface area contributed by atoms with Gasteiger partial charge in [0.05, 0.1) is 4.90 Å². The van der Waals surface area contributed by atoms with E-state index in [9.17, 15) is 39.6 Å². The third-order valence-corrected chi connectivity index (χ3v) is 10.5. The van der Waals surface area contributed by atoms with Gasteiger partial charge < -0.3 is 15.4 Å². The third-order valence-electron chi connectivity index (χ3n) is 5.23. The number of nitrogens with one attached hydrogen (secondary N) is 2. The first-order valence-electron chi connectivity index (χ1n) is 10.4. The standard InChI is InChI=1S/C21H22F3N3O7S2/c1-14(28)16-4-8-18(9-5-16)35(30,31)36(32,33)27-11-10-25-13-19(27)20(29)26-12-15-2-6-17(7-3-15)34-21(22,23)24/h2-9,19,25H,10-13H2,1H3,(H,26,29). The van der Waals surface area contributed by atoms with Crippen molar-refractivity contribution in [1.82, 2.24) is 14.9 Å². The van der Waals surface area contributed by atoms with Gasteiger partial charge in [0.25, 0.3) is 8.87 Å². The number of halogens is 3. The van der Waals surface area contributed by atoms with Crippen LogP contribution in [-0.2, 0) is 29.3 Å². The van der Waals surface area contributed by atoms with Crippen molar-refractivity contribution in [2.75, 3.05) is 19.6 Å². The number of amides is 1. The molecule has 3 rings (SSSR count). The number of hydrogen-bond donors (Lipinski definition) is 2. The van der Waals surface area contributed by atoms with E-state index in [1.54, 1.807) is 0 Å². The van der Waals surface area contributed by atoms with Gasteiger partial charge in [-0.25, -0.2) is 8.42 Å². The number of carbonyl (C=O) groups is 2. The molecule has 1 aliphatic rings. The number of ether oxygens (including phenoxy) is 1. The minimum Gasteiger partial charge on any atom is -0.406 e. The van der Waals surface area contributed by atoms with Crippen molar-refractivity contribution in [3.8, 4) is 5.75 Å². The quantitative estimate of drug-likeness (QED) is 0.372. The number of alkyl halides is 3. The Bertz CT molecular complexity index is 1330. The molecule has 2 aromatic carbocycles. The molecule has 1 amide bonds. The molecule has 1 heterocycles. The molecule has 10 nitrogen and oxygen atoms in total. The molecule has 1 fully saturated rings. The fourth-order valence-corrected chi connectivity index (χ4v) is 7.51. The summed E-state index contributed by atoms with van der Waals surface area (Å²) in [6.07, 6.45) is -4.85. The number of carbonyl (C=O) groups excluding carboxylic acids is 2. The Balaban J connectivity index is 1.75. The molecule has 2 aromatic rings. The van der Waals surface area contributed by atoms with Gasteiger partial charge >= 0.3 is 15.4 Å². The summed E-state index contributed by atoms with van der Waals surface area (Å²) < 4.78 is 93.4. The van der Waals surface area contributed by atoms with Gasteiger partial charge in [0.15, 0.2) is 5.78 Å². The van der Waals surface area contributed by atoms with E-state index in [0.29, 0.717) is 9.87 Å². The summed E-state index contributed by atoms with van der Waals surface area (Å²) >= 11 is 0. The Morgan fingerprint density at radius 3 is 2.22 bits per heavy atom. The lowest BCUT2D eigenvalue weighted by atomic mass is 10.2. The van der Waals surface area contributed by atoms with Crippen LogP contribution in [0.4, 0.5) is 13.2 Å². The summed E-state index contributed by atoms with van der Waals surface area (Å²) in [6.45, 7) is 0.753. The van der Waals surface area contributed by atoms with Crippen LogP contribution in [0.1, 0.15) is 22.8 Å². The molecule has 1 aliphatic heterocycles. The Kier molecular flexibility index (Phi) is 8.07. The largest absolute Gasteiger partial charge is 0.573 e. The second kappa shape index (κ2) is 10.5. The number of hydrogen-bond acceptors (Lipinski definition) is 8. The van der Waals surface area contributed by atoms with E-state index >= 15 is 0 Å². The van der Waals surface area contributed by atoms with Crippen LogP contribution in [0.5, 0.6) is 5.75 Å². The van der Waals surface area contributed by atoms with Gasteiger partial charge in [0.2, 0.25) is 5.91 Å². The van der Waals surface area contributed by atoms with Crippen molar-refractivity contribution in [1.29, 1.82) is 0 Å². The molecule has 0 aliphatic carbocycles. The molecule has 0 bridgehead atoms. The van der Waals surface area contributed by atoms with Crippen molar-refractivity contribution in [3.05, 3.63) is 59.7 Å². The summed E-state index contributed by atoms with van der Waals surface area (Å²) in [7, 11) is -10.0. The van der Waals surface area contributed by atoms with E-state index in [2.05, 4.69) is 15.4 Å². The average molecular weight is 550 g/mol. The van der Waals surface area contributed by atoms with Crippen LogP contribution in [0.3, 0.4) is 0 Å². The van der Waals surface area contributed by atoms with Crippen molar-refractivity contribution in [2.24, 2.45) is 0 Å². The highest BCUT2D eigenvalue weighted by Crippen LogP contribution is 2.25. The molecule has 0 spiro atoms. The van der Waals surface area contributed by atoms with E-state index in [4.69, 9.17) is 0 Å². The number of Topliss-reactive ketones (excluding diaryl/α,β-unsaturated/α-hetero) is 1. The Hall–Kier alpha value is -3.01. The SMILES string of the molecule is CC(=O)c1ccc(S(=O)(=O)S(=O)(=O)N2CCNCC2C(=O)NCc2ccc(OC(F)(F)F)cc2)cc1. The minimum atomic E-state index is -5.05. The van der Waals surface area contributed by atoms with Crippen LogP contribution < -0.4 is 15.4 Å². The van der Waals surface area contributed by atoms with Crippen LogP contribution in [-0.4, -0.2) is 64.9 Å². The van der Waals surface area contributed by atoms with E-state index < -0.39 is 46.9 Å². The van der Waals surface area contributed by atoms with Crippen molar-refractivity contribution < 1.29 is 44.3 Å². The fraction of sp³-hybridized carbons (Fsp3) is 0.333. The maximum absolute atomic E-state index is 13.1. The smallest absolute Gasteiger partial charge is 0.406 e. The summed E-state index contributed by atoms with van der Waals surface area (Å²) in [5.41, 5.74) is 0.595. The first-order chi connectivity index (χ1) is 16.7. The molecule has 1 unspecified atom stereocenters. The van der Waals surface area contributed by atoms with Gasteiger partial charge in [-0.05, 0) is 36.8 Å². The minimum absolute atomic E-state index is 0.0997. The lowest BCUT2D eigenvalue weighted by Crippen LogP contribution is -2.60.